The summed E-state index contributed by atoms with van der Waals surface area (Å²) in [4.78, 5) is 4.65. The molecule has 0 spiro atoms. The molecule has 203 valence electrons. The third-order valence-corrected chi connectivity index (χ3v) is 7.06. The molecule has 1 radical (unpaired) electrons. The fourth-order valence-corrected chi connectivity index (χ4v) is 5.20. The molecule has 7 heteroatoms. The Balaban J connectivity index is 0.00000323. The minimum atomic E-state index is -5.65. The Labute approximate surface area is 241 Å². The molecule has 40 heavy (non-hydrogen) atoms. The zero-order valence-electron chi connectivity index (χ0n) is 21.3. The number of nitrogens with zero attached hydrogens (tertiary/aromatic N) is 1. The van der Waals surface area contributed by atoms with Crippen LogP contribution in [0.1, 0.15) is 16.7 Å². The van der Waals surface area contributed by atoms with Crippen molar-refractivity contribution in [3.8, 4) is 22.4 Å². The number of alkyl halides is 5. The summed E-state index contributed by atoms with van der Waals surface area (Å²) in [6, 6.07) is 27.9. The van der Waals surface area contributed by atoms with Gasteiger partial charge < -0.3 is 4.98 Å². The first-order valence-electron chi connectivity index (χ1n) is 12.3. The van der Waals surface area contributed by atoms with E-state index in [1.807, 2.05) is 37.3 Å². The molecule has 0 saturated heterocycles. The van der Waals surface area contributed by atoms with Crippen molar-refractivity contribution in [1.29, 1.82) is 0 Å². The Morgan fingerprint density at radius 3 is 1.98 bits per heavy atom. The van der Waals surface area contributed by atoms with Crippen LogP contribution in [-0.2, 0) is 26.0 Å². The first kappa shape index (κ1) is 27.9. The van der Waals surface area contributed by atoms with Crippen molar-refractivity contribution in [2.24, 2.45) is 0 Å². The predicted octanol–water partition coefficient (Wildman–Crippen LogP) is 9.94. The van der Waals surface area contributed by atoms with Crippen LogP contribution in [0.15, 0.2) is 91.1 Å². The number of halogens is 5. The molecule has 0 fully saturated rings. The van der Waals surface area contributed by atoms with Crippen LogP contribution in [-0.4, -0.2) is 11.2 Å². The number of aromatic nitrogens is 1. The second-order valence-corrected chi connectivity index (χ2v) is 9.86. The fourth-order valence-electron chi connectivity index (χ4n) is 5.20. The summed E-state index contributed by atoms with van der Waals surface area (Å²) in [6.45, 7) is 4.07. The van der Waals surface area contributed by atoms with Crippen molar-refractivity contribution in [2.75, 3.05) is 0 Å². The standard InChI is InChI=1S/C33H21F5N.Ir/c1-19-13-20(2)15-26(14-19)31-30-10-7-25-17-23(6-9-28(25)29(30)11-12-39-31)21-3-4-24-18-27(8-5-22(24)16-21)32(34,35)33(36,37)38;/h3-14,16-18H,1-2H3;/q-1;. The zero-order valence-corrected chi connectivity index (χ0v) is 23.7. The molecule has 6 rings (SSSR count). The summed E-state index contributed by atoms with van der Waals surface area (Å²) in [5, 5.41) is 5.05. The summed E-state index contributed by atoms with van der Waals surface area (Å²) in [6.07, 6.45) is -3.85. The molecule has 1 heterocycles. The Morgan fingerprint density at radius 2 is 1.25 bits per heavy atom. The van der Waals surface area contributed by atoms with Gasteiger partial charge >= 0.3 is 12.1 Å². The second kappa shape index (κ2) is 10.1. The normalized spacial score (nSPS) is 12.2. The fraction of sp³-hybridized carbons (Fsp3) is 0.121. The Bertz CT molecular complexity index is 1890. The number of benzene rings is 5. The van der Waals surface area contributed by atoms with E-state index in [2.05, 4.69) is 36.2 Å². The molecule has 0 aliphatic heterocycles. The average Bonchev–Trinajstić information content (AvgIpc) is 2.90. The van der Waals surface area contributed by atoms with Crippen molar-refractivity contribution < 1.29 is 42.1 Å². The smallest absolute Gasteiger partial charge is 0.304 e. The van der Waals surface area contributed by atoms with Gasteiger partial charge in [-0.25, -0.2) is 0 Å². The Morgan fingerprint density at radius 1 is 0.625 bits per heavy atom. The minimum absolute atomic E-state index is 0. The number of fused-ring (bicyclic) bond motifs is 4. The van der Waals surface area contributed by atoms with Crippen LogP contribution in [0.3, 0.4) is 0 Å². The predicted molar refractivity (Wildman–Crippen MR) is 146 cm³/mol. The van der Waals surface area contributed by atoms with Gasteiger partial charge in [-0.05, 0) is 73.4 Å². The van der Waals surface area contributed by atoms with Gasteiger partial charge in [-0.2, -0.15) is 22.0 Å². The van der Waals surface area contributed by atoms with Gasteiger partial charge in [0.2, 0.25) is 0 Å². The maximum absolute atomic E-state index is 13.8. The number of hydrogen-bond donors (Lipinski definition) is 0. The molecule has 1 nitrogen and oxygen atoms in total. The largest absolute Gasteiger partial charge is 0.458 e. The van der Waals surface area contributed by atoms with Crippen molar-refractivity contribution in [2.45, 2.75) is 25.9 Å². The quantitative estimate of drug-likeness (QED) is 0.101. The van der Waals surface area contributed by atoms with Crippen LogP contribution in [0.4, 0.5) is 22.0 Å². The van der Waals surface area contributed by atoms with E-state index in [-0.39, 0.29) is 20.1 Å². The van der Waals surface area contributed by atoms with Gasteiger partial charge in [0.05, 0.1) is 0 Å². The van der Waals surface area contributed by atoms with Crippen molar-refractivity contribution in [1.82, 2.24) is 4.98 Å². The summed E-state index contributed by atoms with van der Waals surface area (Å²) >= 11 is 0. The molecule has 5 aromatic carbocycles. The third-order valence-electron chi connectivity index (χ3n) is 7.06. The third kappa shape index (κ3) is 4.78. The molecule has 1 aromatic heterocycles. The molecule has 0 aliphatic rings. The van der Waals surface area contributed by atoms with Gasteiger partial charge in [0.25, 0.3) is 0 Å². The topological polar surface area (TPSA) is 12.9 Å². The van der Waals surface area contributed by atoms with E-state index in [1.54, 1.807) is 24.4 Å². The molecule has 0 unspecified atom stereocenters. The van der Waals surface area contributed by atoms with Crippen LogP contribution in [0.2, 0.25) is 0 Å². The Hall–Kier alpha value is -3.67. The summed E-state index contributed by atoms with van der Waals surface area (Å²) in [7, 11) is 0. The average molecular weight is 719 g/mol. The van der Waals surface area contributed by atoms with E-state index in [0.29, 0.717) is 10.8 Å². The van der Waals surface area contributed by atoms with Crippen molar-refractivity contribution >= 4 is 32.3 Å². The van der Waals surface area contributed by atoms with Crippen LogP contribution in [0.25, 0.3) is 54.7 Å². The maximum atomic E-state index is 13.8. The molecule has 0 N–H and O–H groups in total. The van der Waals surface area contributed by atoms with Crippen LogP contribution in [0.5, 0.6) is 0 Å². The number of pyridine rings is 1. The van der Waals surface area contributed by atoms with E-state index in [1.165, 1.54) is 6.07 Å². The monoisotopic (exact) mass is 719 g/mol. The molecule has 0 aliphatic carbocycles. The van der Waals surface area contributed by atoms with E-state index >= 15 is 0 Å². The molecule has 0 atom stereocenters. The number of aryl methyl sites for hydroxylation is 2. The van der Waals surface area contributed by atoms with E-state index < -0.39 is 17.7 Å². The van der Waals surface area contributed by atoms with Crippen LogP contribution < -0.4 is 0 Å². The maximum Gasteiger partial charge on any atom is 0.458 e. The molecule has 0 saturated carbocycles. The van der Waals surface area contributed by atoms with Gasteiger partial charge in [0, 0.05) is 31.9 Å². The van der Waals surface area contributed by atoms with Gasteiger partial charge in [0.1, 0.15) is 0 Å². The van der Waals surface area contributed by atoms with Crippen molar-refractivity contribution in [3.63, 3.8) is 0 Å². The summed E-state index contributed by atoms with van der Waals surface area (Å²) in [5.74, 6) is -4.91. The first-order chi connectivity index (χ1) is 18.5. The molecule has 0 amide bonds. The zero-order chi connectivity index (χ0) is 27.5. The molecular weight excluding hydrogens is 698 g/mol. The Kier molecular flexibility index (Phi) is 7.01. The SMILES string of the molecule is Cc1[c-]c(-c2nccc3c2ccc2cc(-c4ccc5cc(C(F)(F)C(F)(F)F)ccc5c4)ccc23)cc(C)c1.[Ir]. The number of rotatable bonds is 3. The van der Waals surface area contributed by atoms with Crippen molar-refractivity contribution in [3.05, 3.63) is 114 Å². The van der Waals surface area contributed by atoms with Gasteiger partial charge in [-0.1, -0.05) is 62.4 Å². The van der Waals surface area contributed by atoms with Gasteiger partial charge in [-0.3, -0.25) is 0 Å². The van der Waals surface area contributed by atoms with Gasteiger partial charge in [0.15, 0.2) is 0 Å². The second-order valence-electron chi connectivity index (χ2n) is 9.86. The van der Waals surface area contributed by atoms with E-state index in [9.17, 15) is 22.0 Å². The van der Waals surface area contributed by atoms with Crippen LogP contribution >= 0.6 is 0 Å². The van der Waals surface area contributed by atoms with Gasteiger partial charge in [-0.15, -0.1) is 34.9 Å². The first-order valence-corrected chi connectivity index (χ1v) is 12.3. The van der Waals surface area contributed by atoms with E-state index in [4.69, 9.17) is 0 Å². The molecular formula is C33H21F5IrN-. The molecule has 6 aromatic rings. The minimum Gasteiger partial charge on any atom is -0.304 e. The number of hydrogen-bond acceptors (Lipinski definition) is 1. The summed E-state index contributed by atoms with van der Waals surface area (Å²) in [5.41, 5.74) is 4.68. The van der Waals surface area contributed by atoms with E-state index in [0.717, 1.165) is 67.2 Å². The van der Waals surface area contributed by atoms with Crippen LogP contribution in [0, 0.1) is 19.9 Å². The summed E-state index contributed by atoms with van der Waals surface area (Å²) < 4.78 is 66.1. The molecule has 0 bridgehead atoms.